The number of benzene rings is 1. The van der Waals surface area contributed by atoms with Crippen molar-refractivity contribution in [2.24, 2.45) is 5.73 Å². The first-order valence-corrected chi connectivity index (χ1v) is 8.20. The Morgan fingerprint density at radius 2 is 2.16 bits per heavy atom. The number of nitrogens with two attached hydrogens (primary N) is 1. The fraction of sp³-hybridized carbons (Fsp3) is 0.600. The van der Waals surface area contributed by atoms with Crippen LogP contribution in [0.3, 0.4) is 0 Å². The van der Waals surface area contributed by atoms with Crippen LogP contribution >= 0.6 is 11.8 Å². The molecule has 0 radical (unpaired) electrons. The van der Waals surface area contributed by atoms with Gasteiger partial charge in [0, 0.05) is 30.1 Å². The lowest BCUT2D eigenvalue weighted by Crippen LogP contribution is -2.48. The van der Waals surface area contributed by atoms with Gasteiger partial charge in [0.1, 0.15) is 0 Å². The second kappa shape index (κ2) is 7.29. The predicted octanol–water partition coefficient (Wildman–Crippen LogP) is 2.52. The van der Waals surface area contributed by atoms with Crippen molar-refractivity contribution in [1.82, 2.24) is 4.90 Å². The molecule has 1 heterocycles. The Balaban J connectivity index is 2.17. The predicted molar refractivity (Wildman–Crippen MR) is 81.6 cm³/mol. The molecule has 106 valence electrons. The maximum atomic E-state index is 6.04. The van der Waals surface area contributed by atoms with Gasteiger partial charge in [-0.25, -0.2) is 0 Å². The third kappa shape index (κ3) is 3.51. The molecular weight excluding hydrogens is 256 g/mol. The first kappa shape index (κ1) is 14.9. The van der Waals surface area contributed by atoms with Crippen LogP contribution in [0, 0.1) is 0 Å². The van der Waals surface area contributed by atoms with Crippen molar-refractivity contribution in [2.45, 2.75) is 30.3 Å². The van der Waals surface area contributed by atoms with Crippen molar-refractivity contribution in [3.63, 3.8) is 0 Å². The van der Waals surface area contributed by atoms with E-state index < -0.39 is 0 Å². The zero-order valence-electron chi connectivity index (χ0n) is 11.8. The second-order valence-corrected chi connectivity index (χ2v) is 5.78. The maximum absolute atomic E-state index is 6.04. The molecule has 0 aromatic heterocycles. The molecule has 2 rings (SSSR count). The molecule has 1 aromatic rings. The van der Waals surface area contributed by atoms with Gasteiger partial charge >= 0.3 is 0 Å². The highest BCUT2D eigenvalue weighted by Crippen LogP contribution is 2.26. The maximum Gasteiger partial charge on any atom is 0.0622 e. The van der Waals surface area contributed by atoms with Gasteiger partial charge in [-0.3, -0.25) is 4.90 Å². The van der Waals surface area contributed by atoms with E-state index in [0.29, 0.717) is 18.6 Å². The van der Waals surface area contributed by atoms with Crippen LogP contribution in [0.1, 0.15) is 24.9 Å². The third-order valence-electron chi connectivity index (χ3n) is 3.87. The van der Waals surface area contributed by atoms with E-state index in [4.69, 9.17) is 10.5 Å². The average Bonchev–Trinajstić information content (AvgIpc) is 2.49. The lowest BCUT2D eigenvalue weighted by Gasteiger charge is -2.40. The lowest BCUT2D eigenvalue weighted by atomic mass is 10.0. The number of ether oxygens (including phenoxy) is 1. The minimum atomic E-state index is 0.310. The van der Waals surface area contributed by atoms with E-state index >= 15 is 0 Å². The summed E-state index contributed by atoms with van der Waals surface area (Å²) in [6.07, 6.45) is 3.21. The summed E-state index contributed by atoms with van der Waals surface area (Å²) in [4.78, 5) is 3.81. The summed E-state index contributed by atoms with van der Waals surface area (Å²) >= 11 is 1.77. The van der Waals surface area contributed by atoms with Gasteiger partial charge in [-0.1, -0.05) is 19.1 Å². The Labute approximate surface area is 120 Å². The SMILES string of the molecule is CCC1COCCN1C(CN)c1ccc(SC)cc1. The first-order chi connectivity index (χ1) is 9.30. The quantitative estimate of drug-likeness (QED) is 0.841. The summed E-state index contributed by atoms with van der Waals surface area (Å²) < 4.78 is 5.58. The Morgan fingerprint density at radius 1 is 1.42 bits per heavy atom. The topological polar surface area (TPSA) is 38.5 Å². The van der Waals surface area contributed by atoms with E-state index in [-0.39, 0.29) is 0 Å². The highest BCUT2D eigenvalue weighted by molar-refractivity contribution is 7.98. The Hall–Kier alpha value is -0.550. The van der Waals surface area contributed by atoms with Gasteiger partial charge in [0.15, 0.2) is 0 Å². The van der Waals surface area contributed by atoms with Gasteiger partial charge in [0.05, 0.1) is 13.2 Å². The van der Waals surface area contributed by atoms with Crippen LogP contribution in [0.15, 0.2) is 29.2 Å². The number of nitrogens with zero attached hydrogens (tertiary/aromatic N) is 1. The molecule has 4 heteroatoms. The third-order valence-corrected chi connectivity index (χ3v) is 4.61. The minimum Gasteiger partial charge on any atom is -0.378 e. The molecule has 0 aliphatic carbocycles. The van der Waals surface area contributed by atoms with Crippen LogP contribution in [-0.2, 0) is 4.74 Å². The van der Waals surface area contributed by atoms with E-state index in [1.54, 1.807) is 11.8 Å². The molecule has 0 amide bonds. The number of thioether (sulfide) groups is 1. The number of morpholine rings is 1. The van der Waals surface area contributed by atoms with Crippen LogP contribution in [0.5, 0.6) is 0 Å². The average molecular weight is 280 g/mol. The van der Waals surface area contributed by atoms with Crippen molar-refractivity contribution >= 4 is 11.8 Å². The summed E-state index contributed by atoms with van der Waals surface area (Å²) in [5.41, 5.74) is 7.36. The summed E-state index contributed by atoms with van der Waals surface area (Å²) in [5.74, 6) is 0. The minimum absolute atomic E-state index is 0.310. The van der Waals surface area contributed by atoms with Crippen molar-refractivity contribution in [1.29, 1.82) is 0 Å². The van der Waals surface area contributed by atoms with E-state index in [9.17, 15) is 0 Å². The molecule has 3 nitrogen and oxygen atoms in total. The molecule has 1 aliphatic heterocycles. The molecule has 0 saturated carbocycles. The van der Waals surface area contributed by atoms with Crippen LogP contribution < -0.4 is 5.73 Å². The Kier molecular flexibility index (Phi) is 5.70. The number of rotatable bonds is 5. The summed E-state index contributed by atoms with van der Waals surface area (Å²) in [7, 11) is 0. The zero-order valence-corrected chi connectivity index (χ0v) is 12.7. The van der Waals surface area contributed by atoms with Gasteiger partial charge in [-0.15, -0.1) is 11.8 Å². The van der Waals surface area contributed by atoms with Gasteiger partial charge in [0.25, 0.3) is 0 Å². The van der Waals surface area contributed by atoms with E-state index in [1.807, 2.05) is 0 Å². The second-order valence-electron chi connectivity index (χ2n) is 4.90. The normalized spacial score (nSPS) is 22.4. The fourth-order valence-corrected chi connectivity index (χ4v) is 3.13. The van der Waals surface area contributed by atoms with Crippen LogP contribution in [-0.4, -0.2) is 43.5 Å². The van der Waals surface area contributed by atoms with Crippen molar-refractivity contribution in [2.75, 3.05) is 32.6 Å². The fourth-order valence-electron chi connectivity index (χ4n) is 2.72. The van der Waals surface area contributed by atoms with Crippen LogP contribution in [0.4, 0.5) is 0 Å². The van der Waals surface area contributed by atoms with Gasteiger partial charge < -0.3 is 10.5 Å². The molecule has 2 atom stereocenters. The summed E-state index contributed by atoms with van der Waals surface area (Å²) in [6.45, 7) is 5.50. The monoisotopic (exact) mass is 280 g/mol. The molecule has 1 aromatic carbocycles. The molecule has 2 N–H and O–H groups in total. The van der Waals surface area contributed by atoms with Crippen LogP contribution in [0.2, 0.25) is 0 Å². The molecule has 1 saturated heterocycles. The Bertz CT molecular complexity index is 382. The zero-order chi connectivity index (χ0) is 13.7. The lowest BCUT2D eigenvalue weighted by molar-refractivity contribution is -0.0291. The van der Waals surface area contributed by atoms with Gasteiger partial charge in [-0.05, 0) is 30.4 Å². The van der Waals surface area contributed by atoms with Crippen molar-refractivity contribution in [3.05, 3.63) is 29.8 Å². The standard InChI is InChI=1S/C15H24N2OS/c1-3-13-11-18-9-8-17(13)15(10-16)12-4-6-14(19-2)7-5-12/h4-7,13,15H,3,8-11,16H2,1-2H3. The van der Waals surface area contributed by atoms with Crippen LogP contribution in [0.25, 0.3) is 0 Å². The molecule has 2 unspecified atom stereocenters. The van der Waals surface area contributed by atoms with Gasteiger partial charge in [-0.2, -0.15) is 0 Å². The molecule has 0 bridgehead atoms. The highest BCUT2D eigenvalue weighted by atomic mass is 32.2. The largest absolute Gasteiger partial charge is 0.378 e. The molecular formula is C15H24N2OS. The molecule has 19 heavy (non-hydrogen) atoms. The molecule has 0 spiro atoms. The van der Waals surface area contributed by atoms with Gasteiger partial charge in [0.2, 0.25) is 0 Å². The van der Waals surface area contributed by atoms with E-state index in [1.165, 1.54) is 10.5 Å². The summed E-state index contributed by atoms with van der Waals surface area (Å²) in [6, 6.07) is 9.60. The first-order valence-electron chi connectivity index (χ1n) is 6.97. The van der Waals surface area contributed by atoms with E-state index in [2.05, 4.69) is 42.3 Å². The summed E-state index contributed by atoms with van der Waals surface area (Å²) in [5, 5.41) is 0. The Morgan fingerprint density at radius 3 is 2.74 bits per heavy atom. The van der Waals surface area contributed by atoms with Crippen molar-refractivity contribution < 1.29 is 4.74 Å². The van der Waals surface area contributed by atoms with Crippen molar-refractivity contribution in [3.8, 4) is 0 Å². The van der Waals surface area contributed by atoms with E-state index in [0.717, 1.165) is 26.2 Å². The smallest absolute Gasteiger partial charge is 0.0622 e. The molecule has 1 fully saturated rings. The number of hydrogen-bond donors (Lipinski definition) is 1. The number of hydrogen-bond acceptors (Lipinski definition) is 4. The molecule has 1 aliphatic rings. The highest BCUT2D eigenvalue weighted by Gasteiger charge is 2.28.